The lowest BCUT2D eigenvalue weighted by molar-refractivity contribution is 0.543. The largest absolute Gasteiger partial charge is 0.213 e. The normalized spacial score (nSPS) is 27.1. The summed E-state index contributed by atoms with van der Waals surface area (Å²) in [5.41, 5.74) is 1.93. The molecule has 0 aromatic heterocycles. The first-order valence-corrected chi connectivity index (χ1v) is 8.09. The molecule has 0 bridgehead atoms. The summed E-state index contributed by atoms with van der Waals surface area (Å²) >= 11 is 0. The molecule has 0 spiro atoms. The molecular weight excluding hydrogens is 211 g/mol. The van der Waals surface area contributed by atoms with Gasteiger partial charge in [0.2, 0.25) is 0 Å². The number of hydrogen-bond donors (Lipinski definition) is 0. The minimum absolute atomic E-state index is 0.0910. The highest BCUT2D eigenvalue weighted by molar-refractivity contribution is 7.67. The molecule has 1 aliphatic heterocycles. The lowest BCUT2D eigenvalue weighted by Crippen LogP contribution is -2.20. The fourth-order valence-corrected chi connectivity index (χ4v) is 7.01. The molecule has 0 radical (unpaired) electrons. The van der Waals surface area contributed by atoms with Crippen LogP contribution in [0.3, 0.4) is 0 Å². The van der Waals surface area contributed by atoms with Gasteiger partial charge in [-0.25, -0.2) is 12.1 Å². The van der Waals surface area contributed by atoms with Gasteiger partial charge in [-0.05, 0) is 36.0 Å². The molecule has 90 valence electrons. The van der Waals surface area contributed by atoms with E-state index in [1.165, 1.54) is 12.8 Å². The molecule has 1 fully saturated rings. The molecule has 1 aromatic rings. The Balaban J connectivity index is 2.26. The summed E-state index contributed by atoms with van der Waals surface area (Å²) in [7, 11) is 0.0910. The van der Waals surface area contributed by atoms with Crippen molar-refractivity contribution < 1.29 is 0 Å². The Bertz CT molecular complexity index is 294. The Morgan fingerprint density at radius 1 is 1.12 bits per heavy atom. The Kier molecular flexibility index (Phi) is 3.80. The van der Waals surface area contributed by atoms with Crippen molar-refractivity contribution in [2.24, 2.45) is 11.8 Å². The van der Waals surface area contributed by atoms with Gasteiger partial charge in [0.15, 0.2) is 0 Å². The van der Waals surface area contributed by atoms with Gasteiger partial charge in [0, 0.05) is 0 Å². The van der Waals surface area contributed by atoms with Gasteiger partial charge < -0.3 is 0 Å². The fourth-order valence-electron chi connectivity index (χ4n) is 3.09. The van der Waals surface area contributed by atoms with Crippen LogP contribution in [0.2, 0.25) is 0 Å². The molecule has 0 nitrogen and oxygen atoms in total. The molecule has 1 aliphatic rings. The Morgan fingerprint density at radius 3 is 2.06 bits per heavy atom. The molecule has 2 rings (SSSR count). The third-order valence-corrected chi connectivity index (χ3v) is 7.99. The van der Waals surface area contributed by atoms with E-state index in [1.54, 1.807) is 5.30 Å². The van der Waals surface area contributed by atoms with E-state index in [-0.39, 0.29) is 7.92 Å². The zero-order valence-corrected chi connectivity index (χ0v) is 11.9. The molecule has 0 aliphatic carbocycles. The van der Waals surface area contributed by atoms with Crippen molar-refractivity contribution in [2.75, 3.05) is 0 Å². The average molecular weight is 235 g/mol. The highest BCUT2D eigenvalue weighted by atomic mass is 31.1. The van der Waals surface area contributed by atoms with Crippen LogP contribution in [0.1, 0.15) is 40.5 Å². The Morgan fingerprint density at radius 2 is 1.69 bits per heavy atom. The molecular formula is C15H24P-. The van der Waals surface area contributed by atoms with Gasteiger partial charge in [-0.15, -0.1) is 5.30 Å². The van der Waals surface area contributed by atoms with Crippen LogP contribution in [0.15, 0.2) is 24.3 Å². The molecule has 1 heteroatoms. The lowest BCUT2D eigenvalue weighted by Gasteiger charge is -2.32. The van der Waals surface area contributed by atoms with E-state index in [4.69, 9.17) is 0 Å². The van der Waals surface area contributed by atoms with Crippen LogP contribution >= 0.6 is 7.92 Å². The van der Waals surface area contributed by atoms with Crippen LogP contribution in [-0.2, 0) is 0 Å². The van der Waals surface area contributed by atoms with Crippen molar-refractivity contribution in [2.45, 2.75) is 51.9 Å². The highest BCUT2D eigenvalue weighted by Gasteiger charge is 2.37. The SMILES string of the molecule is CC(C)[C@H]1CC[C@H](C(C)C)P1c1ccc[cH-]1. The van der Waals surface area contributed by atoms with Crippen LogP contribution in [-0.4, -0.2) is 11.3 Å². The summed E-state index contributed by atoms with van der Waals surface area (Å²) in [6.45, 7) is 9.63. The first kappa shape index (κ1) is 12.2. The molecule has 0 saturated carbocycles. The summed E-state index contributed by atoms with van der Waals surface area (Å²) in [5, 5.41) is 1.66. The standard InChI is InChI=1S/C15H24P/c1-11(2)14-9-10-15(12(3)4)16(14)13-7-5-6-8-13/h5-8,11-12,14-15H,9-10H2,1-4H3/q-1/t14-,15-/m1/s1. The van der Waals surface area contributed by atoms with E-state index in [2.05, 4.69) is 52.0 Å². The fraction of sp³-hybridized carbons (Fsp3) is 0.667. The topological polar surface area (TPSA) is 0 Å². The van der Waals surface area contributed by atoms with E-state index in [0.29, 0.717) is 0 Å². The predicted molar refractivity (Wildman–Crippen MR) is 75.1 cm³/mol. The van der Waals surface area contributed by atoms with Crippen LogP contribution in [0, 0.1) is 11.8 Å². The van der Waals surface area contributed by atoms with E-state index in [9.17, 15) is 0 Å². The van der Waals surface area contributed by atoms with Crippen molar-refractivity contribution in [1.82, 2.24) is 0 Å². The summed E-state index contributed by atoms with van der Waals surface area (Å²) in [4.78, 5) is 0. The van der Waals surface area contributed by atoms with E-state index in [0.717, 1.165) is 23.2 Å². The quantitative estimate of drug-likeness (QED) is 0.539. The first-order chi connectivity index (χ1) is 7.61. The molecule has 1 aromatic carbocycles. The zero-order valence-electron chi connectivity index (χ0n) is 11.0. The molecule has 2 atom stereocenters. The zero-order chi connectivity index (χ0) is 11.7. The summed E-state index contributed by atoms with van der Waals surface area (Å²) in [5.74, 6) is 1.70. The second-order valence-corrected chi connectivity index (χ2v) is 8.41. The van der Waals surface area contributed by atoms with Crippen molar-refractivity contribution >= 4 is 13.2 Å². The van der Waals surface area contributed by atoms with Crippen LogP contribution in [0.25, 0.3) is 0 Å². The number of hydrogen-bond acceptors (Lipinski definition) is 0. The van der Waals surface area contributed by atoms with Gasteiger partial charge in [0.1, 0.15) is 0 Å². The van der Waals surface area contributed by atoms with Crippen LogP contribution < -0.4 is 5.30 Å². The van der Waals surface area contributed by atoms with Crippen LogP contribution in [0.5, 0.6) is 0 Å². The smallest absolute Gasteiger partial charge is 0.0162 e. The molecule has 1 heterocycles. The summed E-state index contributed by atoms with van der Waals surface area (Å²) < 4.78 is 0. The molecule has 1 saturated heterocycles. The molecule has 16 heavy (non-hydrogen) atoms. The third-order valence-electron chi connectivity index (χ3n) is 3.96. The van der Waals surface area contributed by atoms with Gasteiger partial charge in [-0.3, -0.25) is 0 Å². The summed E-state index contributed by atoms with van der Waals surface area (Å²) in [6.07, 6.45) is 2.91. The maximum Gasteiger partial charge on any atom is -0.0162 e. The Hall–Kier alpha value is -0.220. The van der Waals surface area contributed by atoms with E-state index >= 15 is 0 Å². The van der Waals surface area contributed by atoms with Crippen molar-refractivity contribution in [3.63, 3.8) is 0 Å². The van der Waals surface area contributed by atoms with Crippen molar-refractivity contribution in [3.05, 3.63) is 24.3 Å². The number of rotatable bonds is 3. The minimum Gasteiger partial charge on any atom is -0.213 e. The second-order valence-electron chi connectivity index (χ2n) is 5.75. The van der Waals surface area contributed by atoms with Gasteiger partial charge in [0.05, 0.1) is 0 Å². The van der Waals surface area contributed by atoms with Crippen molar-refractivity contribution in [1.29, 1.82) is 0 Å². The lowest BCUT2D eigenvalue weighted by atomic mass is 10.0. The van der Waals surface area contributed by atoms with Gasteiger partial charge >= 0.3 is 0 Å². The van der Waals surface area contributed by atoms with E-state index in [1.807, 2.05) is 0 Å². The summed E-state index contributed by atoms with van der Waals surface area (Å²) in [6, 6.07) is 9.15. The molecule has 0 unspecified atom stereocenters. The first-order valence-electron chi connectivity index (χ1n) is 6.61. The van der Waals surface area contributed by atoms with Crippen molar-refractivity contribution in [3.8, 4) is 0 Å². The third kappa shape index (κ3) is 2.23. The maximum atomic E-state index is 2.41. The van der Waals surface area contributed by atoms with Crippen LogP contribution in [0.4, 0.5) is 0 Å². The minimum atomic E-state index is 0.0910. The monoisotopic (exact) mass is 235 g/mol. The predicted octanol–water partition coefficient (Wildman–Crippen LogP) is 4.36. The Labute approximate surface area is 102 Å². The van der Waals surface area contributed by atoms with Gasteiger partial charge in [0.25, 0.3) is 0 Å². The van der Waals surface area contributed by atoms with Gasteiger partial charge in [-0.2, -0.15) is 12.1 Å². The van der Waals surface area contributed by atoms with E-state index < -0.39 is 0 Å². The highest BCUT2D eigenvalue weighted by Crippen LogP contribution is 2.59. The average Bonchev–Trinajstić information content (AvgIpc) is 2.85. The molecule has 0 N–H and O–H groups in total. The second kappa shape index (κ2) is 4.96. The molecule has 0 amide bonds. The van der Waals surface area contributed by atoms with Gasteiger partial charge in [-0.1, -0.05) is 35.6 Å². The maximum absolute atomic E-state index is 2.41.